The maximum Gasteiger partial charge on any atom is 0.249 e. The number of hydrogen-bond donors (Lipinski definition) is 0. The highest BCUT2D eigenvalue weighted by atomic mass is 16.5. The highest BCUT2D eigenvalue weighted by molar-refractivity contribution is 5.83. The molecule has 140 valence electrons. The summed E-state index contributed by atoms with van der Waals surface area (Å²) in [5.41, 5.74) is 1.72. The normalized spacial score (nSPS) is 16.7. The van der Waals surface area contributed by atoms with Crippen LogP contribution in [-0.2, 0) is 11.3 Å². The van der Waals surface area contributed by atoms with Gasteiger partial charge in [0.2, 0.25) is 17.6 Å². The van der Waals surface area contributed by atoms with E-state index in [1.807, 2.05) is 64.2 Å². The van der Waals surface area contributed by atoms with Gasteiger partial charge in [0.25, 0.3) is 0 Å². The first-order chi connectivity index (χ1) is 13.8. The molecule has 7 nitrogen and oxygen atoms in total. The van der Waals surface area contributed by atoms with Crippen LogP contribution >= 0.6 is 0 Å². The summed E-state index contributed by atoms with van der Waals surface area (Å²) in [6, 6.07) is 15.5. The molecule has 5 rings (SSSR count). The van der Waals surface area contributed by atoms with Crippen LogP contribution in [0.2, 0.25) is 0 Å². The fourth-order valence-electron chi connectivity index (χ4n) is 3.81. The van der Waals surface area contributed by atoms with Crippen molar-refractivity contribution >= 4 is 16.8 Å². The molecule has 1 atom stereocenters. The molecule has 0 bridgehead atoms. The van der Waals surface area contributed by atoms with Crippen molar-refractivity contribution in [1.29, 1.82) is 0 Å². The molecule has 4 heterocycles. The molecule has 0 radical (unpaired) electrons. The maximum absolute atomic E-state index is 13.0. The van der Waals surface area contributed by atoms with E-state index in [1.54, 1.807) is 6.20 Å². The molecule has 4 aromatic rings. The zero-order valence-corrected chi connectivity index (χ0v) is 15.2. The van der Waals surface area contributed by atoms with Crippen LogP contribution < -0.4 is 0 Å². The molecular formula is C21H19N5O2. The quantitative estimate of drug-likeness (QED) is 0.548. The first kappa shape index (κ1) is 16.7. The molecule has 1 saturated heterocycles. The first-order valence-corrected chi connectivity index (χ1v) is 9.38. The number of hydrogen-bond acceptors (Lipinski definition) is 5. The molecule has 0 N–H and O–H groups in total. The molecule has 1 amide bonds. The zero-order chi connectivity index (χ0) is 18.9. The predicted octanol–water partition coefficient (Wildman–Crippen LogP) is 3.45. The lowest BCUT2D eigenvalue weighted by Gasteiger charge is -2.22. The van der Waals surface area contributed by atoms with Gasteiger partial charge in [-0.05, 0) is 42.5 Å². The maximum atomic E-state index is 13.0. The highest BCUT2D eigenvalue weighted by Crippen LogP contribution is 2.32. The fraction of sp³-hybridized carbons (Fsp3) is 0.238. The smallest absolute Gasteiger partial charge is 0.249 e. The number of carbonyl (C=O) groups is 1. The van der Waals surface area contributed by atoms with Crippen LogP contribution in [0.25, 0.3) is 22.4 Å². The van der Waals surface area contributed by atoms with Crippen molar-refractivity contribution in [3.63, 3.8) is 0 Å². The Morgan fingerprint density at radius 3 is 2.93 bits per heavy atom. The van der Waals surface area contributed by atoms with E-state index in [0.29, 0.717) is 30.5 Å². The Bertz CT molecular complexity index is 1120. The zero-order valence-electron chi connectivity index (χ0n) is 15.2. The Labute approximate surface area is 161 Å². The van der Waals surface area contributed by atoms with Crippen LogP contribution in [0.4, 0.5) is 0 Å². The molecule has 0 aliphatic carbocycles. The predicted molar refractivity (Wildman–Crippen MR) is 103 cm³/mol. The van der Waals surface area contributed by atoms with Crippen LogP contribution in [0.1, 0.15) is 24.8 Å². The number of para-hydroxylation sites is 1. The third-order valence-corrected chi connectivity index (χ3v) is 5.18. The minimum Gasteiger partial charge on any atom is -0.338 e. The second-order valence-electron chi connectivity index (χ2n) is 6.92. The van der Waals surface area contributed by atoms with E-state index in [1.165, 1.54) is 0 Å². The van der Waals surface area contributed by atoms with E-state index < -0.39 is 0 Å². The number of aromatic nitrogens is 4. The third-order valence-electron chi connectivity index (χ3n) is 5.18. The standard InChI is InChI=1S/C21H19N5O2/c27-19(14-25-13-10-15-6-1-2-8-17(15)25)26-12-5-9-18(26)21-23-20(24-28-21)16-7-3-4-11-22-16/h1-4,6-8,10-11,13,18H,5,9,12,14H2. The Morgan fingerprint density at radius 2 is 2.04 bits per heavy atom. The number of fused-ring (bicyclic) bond motifs is 1. The largest absolute Gasteiger partial charge is 0.338 e. The monoisotopic (exact) mass is 373 g/mol. The topological polar surface area (TPSA) is 77.1 Å². The van der Waals surface area contributed by atoms with Gasteiger partial charge in [-0.3, -0.25) is 9.78 Å². The number of pyridine rings is 1. The van der Waals surface area contributed by atoms with Gasteiger partial charge in [-0.15, -0.1) is 0 Å². The second-order valence-corrected chi connectivity index (χ2v) is 6.92. The molecular weight excluding hydrogens is 354 g/mol. The van der Waals surface area contributed by atoms with Gasteiger partial charge in [0.1, 0.15) is 18.3 Å². The molecule has 28 heavy (non-hydrogen) atoms. The summed E-state index contributed by atoms with van der Waals surface area (Å²) >= 11 is 0. The molecule has 1 aliphatic rings. The van der Waals surface area contributed by atoms with E-state index in [9.17, 15) is 4.79 Å². The number of benzene rings is 1. The van der Waals surface area contributed by atoms with Crippen molar-refractivity contribution < 1.29 is 9.32 Å². The van der Waals surface area contributed by atoms with Crippen LogP contribution in [0.5, 0.6) is 0 Å². The molecule has 1 fully saturated rings. The summed E-state index contributed by atoms with van der Waals surface area (Å²) in [4.78, 5) is 23.6. The van der Waals surface area contributed by atoms with Gasteiger partial charge in [0.05, 0.1) is 0 Å². The van der Waals surface area contributed by atoms with Crippen LogP contribution in [-0.4, -0.2) is 37.0 Å². The van der Waals surface area contributed by atoms with E-state index in [2.05, 4.69) is 15.1 Å². The Hall–Kier alpha value is -3.48. The van der Waals surface area contributed by atoms with Crippen LogP contribution in [0.3, 0.4) is 0 Å². The summed E-state index contributed by atoms with van der Waals surface area (Å²) in [7, 11) is 0. The molecule has 0 saturated carbocycles. The van der Waals surface area contributed by atoms with Gasteiger partial charge < -0.3 is 14.0 Å². The van der Waals surface area contributed by atoms with Gasteiger partial charge in [-0.2, -0.15) is 4.98 Å². The number of rotatable bonds is 4. The van der Waals surface area contributed by atoms with Gasteiger partial charge in [0, 0.05) is 24.5 Å². The van der Waals surface area contributed by atoms with Crippen molar-refractivity contribution in [2.24, 2.45) is 0 Å². The lowest BCUT2D eigenvalue weighted by atomic mass is 10.2. The Balaban J connectivity index is 1.37. The van der Waals surface area contributed by atoms with Crippen LogP contribution in [0, 0.1) is 0 Å². The summed E-state index contributed by atoms with van der Waals surface area (Å²) in [6.45, 7) is 0.995. The minimum atomic E-state index is -0.181. The SMILES string of the molecule is O=C(Cn1ccc2ccccc21)N1CCCC1c1nc(-c2ccccn2)no1. The van der Waals surface area contributed by atoms with Gasteiger partial charge >= 0.3 is 0 Å². The third kappa shape index (κ3) is 2.94. The molecule has 1 aliphatic heterocycles. The number of amides is 1. The second kappa shape index (κ2) is 6.92. The molecule has 1 aromatic carbocycles. The summed E-state index contributed by atoms with van der Waals surface area (Å²) < 4.78 is 7.47. The van der Waals surface area contributed by atoms with E-state index in [-0.39, 0.29) is 11.9 Å². The summed E-state index contributed by atoms with van der Waals surface area (Å²) in [5, 5.41) is 5.18. The summed E-state index contributed by atoms with van der Waals surface area (Å²) in [6.07, 6.45) is 5.39. The summed E-state index contributed by atoms with van der Waals surface area (Å²) in [5.74, 6) is 0.983. The minimum absolute atomic E-state index is 0.0569. The van der Waals surface area contributed by atoms with Gasteiger partial charge in [0.15, 0.2) is 0 Å². The highest BCUT2D eigenvalue weighted by Gasteiger charge is 2.34. The van der Waals surface area contributed by atoms with Gasteiger partial charge in [-0.1, -0.05) is 29.4 Å². The lowest BCUT2D eigenvalue weighted by Crippen LogP contribution is -2.33. The van der Waals surface area contributed by atoms with E-state index in [4.69, 9.17) is 4.52 Å². The van der Waals surface area contributed by atoms with E-state index in [0.717, 1.165) is 23.7 Å². The van der Waals surface area contributed by atoms with Gasteiger partial charge in [-0.25, -0.2) is 0 Å². The van der Waals surface area contributed by atoms with E-state index >= 15 is 0 Å². The Morgan fingerprint density at radius 1 is 1.14 bits per heavy atom. The Kier molecular flexibility index (Phi) is 4.12. The number of carbonyl (C=O) groups excluding carboxylic acids is 1. The molecule has 3 aromatic heterocycles. The van der Waals surface area contributed by atoms with Crippen molar-refractivity contribution in [1.82, 2.24) is 24.6 Å². The average Bonchev–Trinajstić information content (AvgIpc) is 3.48. The first-order valence-electron chi connectivity index (χ1n) is 9.38. The fourth-order valence-corrected chi connectivity index (χ4v) is 3.81. The molecule has 1 unspecified atom stereocenters. The van der Waals surface area contributed by atoms with Crippen LogP contribution in [0.15, 0.2) is 65.4 Å². The average molecular weight is 373 g/mol. The number of nitrogens with zero attached hydrogens (tertiary/aromatic N) is 5. The van der Waals surface area contributed by atoms with Crippen molar-refractivity contribution in [2.45, 2.75) is 25.4 Å². The molecule has 7 heteroatoms. The van der Waals surface area contributed by atoms with Crippen molar-refractivity contribution in [3.05, 3.63) is 66.8 Å². The molecule has 0 spiro atoms. The van der Waals surface area contributed by atoms with Crippen molar-refractivity contribution in [3.8, 4) is 11.5 Å². The number of likely N-dealkylation sites (tertiary alicyclic amines) is 1. The lowest BCUT2D eigenvalue weighted by molar-refractivity contribution is -0.133. The van der Waals surface area contributed by atoms with Crippen molar-refractivity contribution in [2.75, 3.05) is 6.54 Å².